The third-order valence-electron chi connectivity index (χ3n) is 6.19. The van der Waals surface area contributed by atoms with Gasteiger partial charge in [0.1, 0.15) is 28.7 Å². The summed E-state index contributed by atoms with van der Waals surface area (Å²) in [6.07, 6.45) is -0.627. The summed E-state index contributed by atoms with van der Waals surface area (Å²) in [7, 11) is 3.29. The summed E-state index contributed by atoms with van der Waals surface area (Å²) in [5.41, 5.74) is 2.00. The number of carbonyl (C=O) groups is 1. The molecule has 0 spiro atoms. The summed E-state index contributed by atoms with van der Waals surface area (Å²) in [6.45, 7) is 0. The van der Waals surface area contributed by atoms with Crippen molar-refractivity contribution in [1.82, 2.24) is 4.90 Å². The quantitative estimate of drug-likeness (QED) is 0.194. The lowest BCUT2D eigenvalue weighted by Crippen LogP contribution is -2.61. The lowest BCUT2D eigenvalue weighted by Gasteiger charge is -2.50. The predicted octanol–water partition coefficient (Wildman–Crippen LogP) is 6.53. The maximum absolute atomic E-state index is 13.7. The van der Waals surface area contributed by atoms with Crippen LogP contribution in [0, 0.1) is 0 Å². The zero-order chi connectivity index (χ0) is 24.9. The first-order valence-corrected chi connectivity index (χ1v) is 12.6. The van der Waals surface area contributed by atoms with E-state index in [4.69, 9.17) is 14.2 Å². The summed E-state index contributed by atoms with van der Waals surface area (Å²) in [5.74, 6) is 2.16. The fourth-order valence-electron chi connectivity index (χ4n) is 4.32. The molecule has 4 aromatic rings. The average molecular weight is 498 g/mol. The van der Waals surface area contributed by atoms with E-state index < -0.39 is 6.10 Å². The number of rotatable bonds is 9. The normalized spacial score (nSPS) is 17.7. The zero-order valence-corrected chi connectivity index (χ0v) is 20.9. The highest BCUT2D eigenvalue weighted by Gasteiger charge is 2.53. The highest BCUT2D eigenvalue weighted by molar-refractivity contribution is 7.99. The second-order valence-corrected chi connectivity index (χ2v) is 9.53. The molecule has 0 bridgehead atoms. The van der Waals surface area contributed by atoms with Crippen LogP contribution < -0.4 is 14.2 Å². The molecule has 0 aromatic heterocycles. The SMILES string of the molecule is COc1ccc([C@@H]2[C@H](Oc3ccccc3)C(=O)N2[C@@H](Sc2ccccc2)c2ccc(OC)cc2)cc1. The van der Waals surface area contributed by atoms with E-state index in [2.05, 4.69) is 12.1 Å². The molecule has 0 saturated carbocycles. The topological polar surface area (TPSA) is 48.0 Å². The Morgan fingerprint density at radius 1 is 0.694 bits per heavy atom. The highest BCUT2D eigenvalue weighted by atomic mass is 32.2. The Labute approximate surface area is 215 Å². The minimum Gasteiger partial charge on any atom is -0.497 e. The number of amides is 1. The fraction of sp³-hybridized carbons (Fsp3) is 0.167. The number of nitrogens with zero attached hydrogens (tertiary/aromatic N) is 1. The Hall–Kier alpha value is -3.90. The van der Waals surface area contributed by atoms with Gasteiger partial charge in [-0.15, -0.1) is 0 Å². The lowest BCUT2D eigenvalue weighted by atomic mass is 9.89. The standard InChI is InChI=1S/C30H27NO4S/c1-33-23-17-13-21(14-18-23)27-28(35-25-9-5-3-6-10-25)29(32)31(27)30(36-26-11-7-4-8-12-26)22-15-19-24(34-2)20-16-22/h3-20,27-28,30H,1-2H3/t27-,28+,30+/m1/s1. The number of likely N-dealkylation sites (tertiary alicyclic amines) is 1. The van der Waals surface area contributed by atoms with Crippen molar-refractivity contribution in [2.75, 3.05) is 14.2 Å². The summed E-state index contributed by atoms with van der Waals surface area (Å²) in [5, 5.41) is -0.256. The molecule has 4 aromatic carbocycles. The molecule has 1 aliphatic heterocycles. The minimum absolute atomic E-state index is 0.0519. The van der Waals surface area contributed by atoms with Gasteiger partial charge in [0, 0.05) is 4.90 Å². The highest BCUT2D eigenvalue weighted by Crippen LogP contribution is 2.49. The molecule has 0 unspecified atom stereocenters. The van der Waals surface area contributed by atoms with E-state index in [-0.39, 0.29) is 17.3 Å². The van der Waals surface area contributed by atoms with Crippen molar-refractivity contribution < 1.29 is 19.0 Å². The van der Waals surface area contributed by atoms with Crippen LogP contribution in [0.2, 0.25) is 0 Å². The number of hydrogen-bond acceptors (Lipinski definition) is 5. The van der Waals surface area contributed by atoms with Gasteiger partial charge in [0.25, 0.3) is 5.91 Å². The molecule has 0 aliphatic carbocycles. The number of carbonyl (C=O) groups excluding carboxylic acids is 1. The Morgan fingerprint density at radius 2 is 1.25 bits per heavy atom. The molecule has 6 heteroatoms. The van der Waals surface area contributed by atoms with Gasteiger partial charge in [-0.05, 0) is 59.7 Å². The van der Waals surface area contributed by atoms with Crippen molar-refractivity contribution in [3.05, 3.63) is 120 Å². The van der Waals surface area contributed by atoms with Gasteiger partial charge < -0.3 is 19.1 Å². The van der Waals surface area contributed by atoms with Crippen LogP contribution in [-0.4, -0.2) is 31.1 Å². The molecule has 5 nitrogen and oxygen atoms in total. The minimum atomic E-state index is -0.627. The molecule has 0 radical (unpaired) electrons. The molecule has 3 atom stereocenters. The maximum atomic E-state index is 13.7. The van der Waals surface area contributed by atoms with Gasteiger partial charge in [0.15, 0.2) is 0 Å². The molecular weight excluding hydrogens is 470 g/mol. The van der Waals surface area contributed by atoms with Crippen LogP contribution in [-0.2, 0) is 4.79 Å². The van der Waals surface area contributed by atoms with Crippen LogP contribution in [0.5, 0.6) is 17.2 Å². The summed E-state index contributed by atoms with van der Waals surface area (Å²) >= 11 is 1.64. The molecule has 0 N–H and O–H groups in total. The number of thioether (sulfide) groups is 1. The fourth-order valence-corrected chi connectivity index (χ4v) is 5.54. The monoisotopic (exact) mass is 497 g/mol. The Morgan fingerprint density at radius 3 is 1.83 bits per heavy atom. The smallest absolute Gasteiger partial charge is 0.268 e. The van der Waals surface area contributed by atoms with Crippen molar-refractivity contribution in [1.29, 1.82) is 0 Å². The summed E-state index contributed by atoms with van der Waals surface area (Å²) in [6, 6.07) is 35.1. The Balaban J connectivity index is 1.54. The van der Waals surface area contributed by atoms with Gasteiger partial charge >= 0.3 is 0 Å². The molecular formula is C30H27NO4S. The number of para-hydroxylation sites is 1. The van der Waals surface area contributed by atoms with Gasteiger partial charge in [-0.25, -0.2) is 0 Å². The summed E-state index contributed by atoms with van der Waals surface area (Å²) in [4.78, 5) is 16.7. The molecule has 1 aliphatic rings. The maximum Gasteiger partial charge on any atom is 0.268 e. The molecule has 1 heterocycles. The largest absolute Gasteiger partial charge is 0.497 e. The van der Waals surface area contributed by atoms with Gasteiger partial charge in [-0.1, -0.05) is 72.4 Å². The van der Waals surface area contributed by atoms with Crippen molar-refractivity contribution in [3.8, 4) is 17.2 Å². The van der Waals surface area contributed by atoms with Crippen molar-refractivity contribution >= 4 is 17.7 Å². The van der Waals surface area contributed by atoms with Crippen LogP contribution in [0.1, 0.15) is 22.5 Å². The average Bonchev–Trinajstić information content (AvgIpc) is 2.95. The van der Waals surface area contributed by atoms with Crippen LogP contribution >= 0.6 is 11.8 Å². The first-order chi connectivity index (χ1) is 17.7. The molecule has 5 rings (SSSR count). The van der Waals surface area contributed by atoms with E-state index >= 15 is 0 Å². The van der Waals surface area contributed by atoms with E-state index in [9.17, 15) is 4.79 Å². The van der Waals surface area contributed by atoms with E-state index in [1.165, 1.54) is 0 Å². The second kappa shape index (κ2) is 10.8. The molecule has 1 saturated heterocycles. The molecule has 36 heavy (non-hydrogen) atoms. The van der Waals surface area contributed by atoms with E-state index in [0.717, 1.165) is 27.5 Å². The van der Waals surface area contributed by atoms with Crippen molar-refractivity contribution in [2.45, 2.75) is 22.4 Å². The molecule has 182 valence electrons. The molecule has 1 fully saturated rings. The number of hydrogen-bond donors (Lipinski definition) is 0. The van der Waals surface area contributed by atoms with Crippen LogP contribution in [0.25, 0.3) is 0 Å². The van der Waals surface area contributed by atoms with Gasteiger partial charge in [-0.3, -0.25) is 4.79 Å². The number of methoxy groups -OCH3 is 2. The van der Waals surface area contributed by atoms with Crippen molar-refractivity contribution in [3.63, 3.8) is 0 Å². The third-order valence-corrected chi connectivity index (χ3v) is 7.46. The Kier molecular flexibility index (Phi) is 7.14. The zero-order valence-electron chi connectivity index (χ0n) is 20.1. The predicted molar refractivity (Wildman–Crippen MR) is 141 cm³/mol. The Bertz CT molecular complexity index is 1280. The van der Waals surface area contributed by atoms with Crippen LogP contribution in [0.15, 0.2) is 114 Å². The van der Waals surface area contributed by atoms with Gasteiger partial charge in [0.2, 0.25) is 6.10 Å². The molecule has 1 amide bonds. The number of ether oxygens (including phenoxy) is 3. The lowest BCUT2D eigenvalue weighted by molar-refractivity contribution is -0.165. The number of benzene rings is 4. The van der Waals surface area contributed by atoms with Gasteiger partial charge in [0.05, 0.1) is 14.2 Å². The van der Waals surface area contributed by atoms with E-state index in [1.807, 2.05) is 102 Å². The van der Waals surface area contributed by atoms with E-state index in [1.54, 1.807) is 26.0 Å². The number of β-lactam (4-membered cyclic amide) rings is 1. The first kappa shape index (κ1) is 23.8. The second-order valence-electron chi connectivity index (χ2n) is 8.37. The first-order valence-electron chi connectivity index (χ1n) is 11.7. The van der Waals surface area contributed by atoms with Gasteiger partial charge in [-0.2, -0.15) is 0 Å². The van der Waals surface area contributed by atoms with Crippen LogP contribution in [0.3, 0.4) is 0 Å². The van der Waals surface area contributed by atoms with Crippen molar-refractivity contribution in [2.24, 2.45) is 0 Å². The summed E-state index contributed by atoms with van der Waals surface area (Å²) < 4.78 is 17.0. The van der Waals surface area contributed by atoms with Crippen LogP contribution in [0.4, 0.5) is 0 Å². The third kappa shape index (κ3) is 4.90. The van der Waals surface area contributed by atoms with E-state index in [0.29, 0.717) is 5.75 Å².